The van der Waals surface area contributed by atoms with Crippen molar-refractivity contribution in [3.8, 4) is 0 Å². The summed E-state index contributed by atoms with van der Waals surface area (Å²) in [5.41, 5.74) is 0.706. The van der Waals surface area contributed by atoms with Gasteiger partial charge in [0, 0.05) is 12.7 Å². The number of nitrogens with zero attached hydrogens (tertiary/aromatic N) is 1. The van der Waals surface area contributed by atoms with Gasteiger partial charge in [0.05, 0.1) is 0 Å². The van der Waals surface area contributed by atoms with E-state index >= 15 is 0 Å². The summed E-state index contributed by atoms with van der Waals surface area (Å²) in [5.74, 6) is -0.738. The van der Waals surface area contributed by atoms with Crippen LogP contribution in [0, 0.1) is 0 Å². The van der Waals surface area contributed by atoms with Crippen molar-refractivity contribution >= 4 is 29.2 Å². The Morgan fingerprint density at radius 3 is 2.47 bits per heavy atom. The first-order valence-electron chi connectivity index (χ1n) is 4.33. The fourth-order valence-electron chi connectivity index (χ4n) is 1.01. The number of anilines is 1. The summed E-state index contributed by atoms with van der Waals surface area (Å²) in [6.07, 6.45) is 0. The average Bonchev–Trinajstić information content (AvgIpc) is 2.29. The van der Waals surface area contributed by atoms with Crippen LogP contribution in [0.25, 0.3) is 0 Å². The second kappa shape index (κ2) is 5.36. The summed E-state index contributed by atoms with van der Waals surface area (Å²) >= 11 is 5.26. The van der Waals surface area contributed by atoms with Crippen molar-refractivity contribution in [2.45, 2.75) is 0 Å². The molecular formula is C10H11ClN2O2. The molecule has 0 bridgehead atoms. The van der Waals surface area contributed by atoms with Crippen LogP contribution in [0.2, 0.25) is 0 Å². The number of urea groups is 1. The predicted molar refractivity (Wildman–Crippen MR) is 59.1 cm³/mol. The molecule has 1 aromatic rings. The summed E-state index contributed by atoms with van der Waals surface area (Å²) < 4.78 is 0. The maximum absolute atomic E-state index is 11.4. The molecule has 5 heteroatoms. The van der Waals surface area contributed by atoms with Crippen LogP contribution in [-0.4, -0.2) is 24.9 Å². The van der Waals surface area contributed by atoms with Crippen molar-refractivity contribution in [2.24, 2.45) is 0 Å². The molecule has 0 heterocycles. The highest BCUT2D eigenvalue weighted by Gasteiger charge is 2.12. The predicted octanol–water partition coefficient (Wildman–Crippen LogP) is 1.60. The van der Waals surface area contributed by atoms with Crippen molar-refractivity contribution in [2.75, 3.05) is 17.8 Å². The van der Waals surface area contributed by atoms with E-state index < -0.39 is 11.9 Å². The van der Waals surface area contributed by atoms with Crippen LogP contribution in [0.1, 0.15) is 0 Å². The second-order valence-electron chi connectivity index (χ2n) is 2.88. The third-order valence-corrected chi connectivity index (χ3v) is 2.06. The van der Waals surface area contributed by atoms with E-state index in [1.54, 1.807) is 19.2 Å². The van der Waals surface area contributed by atoms with Gasteiger partial charge in [-0.2, -0.15) is 0 Å². The Bertz CT molecular complexity index is 354. The third kappa shape index (κ3) is 3.25. The molecule has 0 unspecified atom stereocenters. The number of carbonyl (C=O) groups excluding carboxylic acids is 2. The lowest BCUT2D eigenvalue weighted by Gasteiger charge is -2.16. The molecule has 0 saturated carbocycles. The summed E-state index contributed by atoms with van der Waals surface area (Å²) in [5, 5.41) is 2.14. The summed E-state index contributed by atoms with van der Waals surface area (Å²) in [4.78, 5) is 23.7. The van der Waals surface area contributed by atoms with E-state index in [1.165, 1.54) is 4.90 Å². The number of halogens is 1. The number of benzene rings is 1. The summed E-state index contributed by atoms with van der Waals surface area (Å²) in [7, 11) is 1.58. The maximum atomic E-state index is 11.4. The van der Waals surface area contributed by atoms with Gasteiger partial charge in [-0.15, -0.1) is 11.6 Å². The van der Waals surface area contributed by atoms with Crippen molar-refractivity contribution in [3.63, 3.8) is 0 Å². The van der Waals surface area contributed by atoms with E-state index in [9.17, 15) is 9.59 Å². The Balaban J connectivity index is 2.65. The lowest BCUT2D eigenvalue weighted by atomic mass is 10.3. The van der Waals surface area contributed by atoms with Crippen LogP contribution in [-0.2, 0) is 4.79 Å². The van der Waals surface area contributed by atoms with Gasteiger partial charge in [-0.25, -0.2) is 4.79 Å². The largest absolute Gasteiger partial charge is 0.328 e. The van der Waals surface area contributed by atoms with Gasteiger partial charge >= 0.3 is 6.03 Å². The van der Waals surface area contributed by atoms with Crippen molar-refractivity contribution in [1.82, 2.24) is 5.32 Å². The molecule has 0 saturated heterocycles. The monoisotopic (exact) mass is 226 g/mol. The first-order valence-corrected chi connectivity index (χ1v) is 4.87. The van der Waals surface area contributed by atoms with Gasteiger partial charge in [0.25, 0.3) is 0 Å². The molecule has 0 aliphatic carbocycles. The number of rotatable bonds is 2. The highest BCUT2D eigenvalue weighted by molar-refractivity contribution is 6.28. The van der Waals surface area contributed by atoms with Crippen LogP contribution >= 0.6 is 11.6 Å². The molecule has 80 valence electrons. The van der Waals surface area contributed by atoms with Crippen LogP contribution in [0.3, 0.4) is 0 Å². The first kappa shape index (κ1) is 11.5. The highest BCUT2D eigenvalue weighted by Crippen LogP contribution is 2.10. The molecule has 0 aromatic heterocycles. The molecule has 0 spiro atoms. The molecule has 15 heavy (non-hydrogen) atoms. The van der Waals surface area contributed by atoms with E-state index in [1.807, 2.05) is 18.2 Å². The van der Waals surface area contributed by atoms with Gasteiger partial charge in [-0.1, -0.05) is 18.2 Å². The van der Waals surface area contributed by atoms with Gasteiger partial charge in [0.1, 0.15) is 5.88 Å². The molecule has 0 atom stereocenters. The average molecular weight is 227 g/mol. The molecular weight excluding hydrogens is 216 g/mol. The zero-order chi connectivity index (χ0) is 11.3. The number of nitrogens with one attached hydrogen (secondary N) is 1. The molecule has 0 fully saturated rings. The normalized spacial score (nSPS) is 9.47. The zero-order valence-electron chi connectivity index (χ0n) is 8.24. The molecule has 4 nitrogen and oxygen atoms in total. The fraction of sp³-hybridized carbons (Fsp3) is 0.200. The SMILES string of the molecule is CN(C(=O)NC(=O)CCl)c1ccccc1. The minimum atomic E-state index is -0.510. The molecule has 0 aliphatic heterocycles. The standard InChI is InChI=1S/C10H11ClN2O2/c1-13(8-5-3-2-4-6-8)10(15)12-9(14)7-11/h2-6H,7H2,1H3,(H,12,14,15). The summed E-state index contributed by atoms with van der Waals surface area (Å²) in [6.45, 7) is 0. The second-order valence-corrected chi connectivity index (χ2v) is 3.15. The number of amides is 3. The van der Waals surface area contributed by atoms with Crippen LogP contribution in [0.4, 0.5) is 10.5 Å². The smallest absolute Gasteiger partial charge is 0.297 e. The number of imide groups is 1. The van der Waals surface area contributed by atoms with Crippen molar-refractivity contribution < 1.29 is 9.59 Å². The lowest BCUT2D eigenvalue weighted by molar-refractivity contribution is -0.117. The fourth-order valence-corrected chi connectivity index (χ4v) is 1.07. The van der Waals surface area contributed by atoms with E-state index in [0.29, 0.717) is 5.69 Å². The highest BCUT2D eigenvalue weighted by atomic mass is 35.5. The Labute approximate surface area is 92.8 Å². The van der Waals surface area contributed by atoms with Gasteiger partial charge in [-0.3, -0.25) is 15.0 Å². The van der Waals surface area contributed by atoms with Gasteiger partial charge in [-0.05, 0) is 12.1 Å². The minimum Gasteiger partial charge on any atom is -0.297 e. The number of carbonyl (C=O) groups is 2. The molecule has 1 aromatic carbocycles. The number of hydrogen-bond acceptors (Lipinski definition) is 2. The van der Waals surface area contributed by atoms with Gasteiger partial charge in [0.15, 0.2) is 0 Å². The minimum absolute atomic E-state index is 0.228. The van der Waals surface area contributed by atoms with E-state index in [2.05, 4.69) is 5.32 Å². The Hall–Kier alpha value is -1.55. The third-order valence-electron chi connectivity index (χ3n) is 1.82. The van der Waals surface area contributed by atoms with Crippen molar-refractivity contribution in [1.29, 1.82) is 0 Å². The molecule has 0 radical (unpaired) electrons. The van der Waals surface area contributed by atoms with Gasteiger partial charge in [0.2, 0.25) is 5.91 Å². The molecule has 1 rings (SSSR count). The number of alkyl halides is 1. The molecule has 3 amide bonds. The van der Waals surface area contributed by atoms with E-state index in [-0.39, 0.29) is 5.88 Å². The van der Waals surface area contributed by atoms with Crippen LogP contribution < -0.4 is 10.2 Å². The lowest BCUT2D eigenvalue weighted by Crippen LogP contribution is -2.41. The van der Waals surface area contributed by atoms with Crippen molar-refractivity contribution in [3.05, 3.63) is 30.3 Å². The van der Waals surface area contributed by atoms with Gasteiger partial charge < -0.3 is 0 Å². The van der Waals surface area contributed by atoms with Crippen LogP contribution in [0.15, 0.2) is 30.3 Å². The quantitative estimate of drug-likeness (QED) is 0.779. The Morgan fingerprint density at radius 1 is 1.33 bits per heavy atom. The van der Waals surface area contributed by atoms with E-state index in [0.717, 1.165) is 0 Å². The Morgan fingerprint density at radius 2 is 1.93 bits per heavy atom. The number of para-hydroxylation sites is 1. The van der Waals surface area contributed by atoms with E-state index in [4.69, 9.17) is 11.6 Å². The Kier molecular flexibility index (Phi) is 4.12. The summed E-state index contributed by atoms with van der Waals surface area (Å²) in [6, 6.07) is 8.51. The van der Waals surface area contributed by atoms with Crippen LogP contribution in [0.5, 0.6) is 0 Å². The molecule has 1 N–H and O–H groups in total. The molecule has 0 aliphatic rings. The maximum Gasteiger partial charge on any atom is 0.328 e. The number of hydrogen-bond donors (Lipinski definition) is 1. The topological polar surface area (TPSA) is 49.4 Å². The zero-order valence-corrected chi connectivity index (χ0v) is 8.99. The first-order chi connectivity index (χ1) is 7.15.